The van der Waals surface area contributed by atoms with Crippen LogP contribution >= 0.6 is 34.8 Å². The minimum atomic E-state index is -0.113. The number of anilines is 6. The number of para-hydroxylation sites is 1. The number of rotatable bonds is 6. The van der Waals surface area contributed by atoms with Crippen molar-refractivity contribution < 1.29 is 8.78 Å². The van der Waals surface area contributed by atoms with Gasteiger partial charge in [0.2, 0.25) is 0 Å². The van der Waals surface area contributed by atoms with E-state index in [4.69, 9.17) is 34.8 Å². The zero-order valence-electron chi connectivity index (χ0n) is 68.9. The average Bonchev–Trinajstić information content (AvgIpc) is 1.60. The third-order valence-corrected chi connectivity index (χ3v) is 28.6. The molecule has 576 valence electrons. The summed E-state index contributed by atoms with van der Waals surface area (Å²) in [4.78, 5) is 18.9. The first-order valence-electron chi connectivity index (χ1n) is 40.7. The van der Waals surface area contributed by atoms with Crippen LogP contribution in [0, 0.1) is 185 Å². The standard InChI is InChI=1S/2C16H22ClN.2C16H22FN.C15H20ClN.C15H22N2/c2*1-10-5-6-11(7-14(10)17)18-8-12-13(9-18)15(12)16(2,3)4;1-10-5-11(17)7-12(6-10)18-8-13-14(9-18)15(13)16(2,3)4;1-10-5-6-13(17)14(7-10)18-8-11-12(9-18)15(11)16(2,3)4;1-15(2,3)14-10-8-17(9-11(10)14)13-7-5-4-6-12(13)16;1-10-5-11(7-16-6-10)17-8-12-13(9-17)14(12)15(2,3)4/h2*5-7,12-13,15H,8-9H2,1-4H3;5-7,13-15H,8-9H2,1-4H3;5-7,11-12,15H,8-9H2,1-4H3;4-7,10-11,14H,8-9H2,1-3H3;5-7,12-14H,8-9H2,1-4H3. The fourth-order valence-electron chi connectivity index (χ4n) is 22.8. The third-order valence-electron chi connectivity index (χ3n) is 27.5. The molecule has 6 aliphatic heterocycles. The quantitative estimate of drug-likeness (QED) is 0.164. The highest BCUT2D eigenvalue weighted by Crippen LogP contribution is 2.65. The second-order valence-electron chi connectivity index (χ2n) is 41.7. The Kier molecular flexibility index (Phi) is 21.7. The number of aromatic nitrogens is 1. The third kappa shape index (κ3) is 17.1. The number of halogens is 5. The van der Waals surface area contributed by atoms with Gasteiger partial charge in [0.25, 0.3) is 0 Å². The van der Waals surface area contributed by atoms with E-state index in [-0.39, 0.29) is 11.6 Å². The lowest BCUT2D eigenvalue weighted by molar-refractivity contribution is 0.308. The molecular formula is C94H130Cl3F2N7. The van der Waals surface area contributed by atoms with Crippen LogP contribution in [0.2, 0.25) is 15.1 Å². The number of aryl methyl sites for hydroxylation is 5. The van der Waals surface area contributed by atoms with E-state index in [1.807, 2.05) is 50.5 Å². The van der Waals surface area contributed by atoms with Crippen LogP contribution in [0.15, 0.2) is 116 Å². The van der Waals surface area contributed by atoms with Crippen LogP contribution in [0.25, 0.3) is 0 Å². The average molecular weight is 1500 g/mol. The molecule has 6 saturated heterocycles. The molecule has 0 radical (unpaired) electrons. The molecule has 5 aromatic carbocycles. The van der Waals surface area contributed by atoms with Crippen molar-refractivity contribution in [3.63, 3.8) is 0 Å². The minimum absolute atomic E-state index is 0.0748. The van der Waals surface area contributed by atoms with E-state index in [1.54, 1.807) is 18.2 Å². The van der Waals surface area contributed by atoms with Crippen molar-refractivity contribution in [1.29, 1.82) is 0 Å². The van der Waals surface area contributed by atoms with Crippen LogP contribution in [0.4, 0.5) is 42.9 Å². The molecule has 1 aromatic heterocycles. The minimum Gasteiger partial charge on any atom is -0.371 e. The lowest BCUT2D eigenvalue weighted by Gasteiger charge is -2.27. The first-order valence-corrected chi connectivity index (χ1v) is 41.8. The summed E-state index contributed by atoms with van der Waals surface area (Å²) in [5, 5.41) is 2.67. The first-order chi connectivity index (χ1) is 49.4. The van der Waals surface area contributed by atoms with E-state index >= 15 is 0 Å². The smallest absolute Gasteiger partial charge is 0.146 e. The molecular weight excluding hydrogens is 1370 g/mol. The molecule has 0 bridgehead atoms. The molecule has 6 saturated carbocycles. The summed E-state index contributed by atoms with van der Waals surface area (Å²) in [6.07, 6.45) is 3.93. The lowest BCUT2D eigenvalue weighted by atomic mass is 9.87. The zero-order chi connectivity index (χ0) is 76.7. The predicted molar refractivity (Wildman–Crippen MR) is 448 cm³/mol. The second-order valence-corrected chi connectivity index (χ2v) is 42.9. The lowest BCUT2D eigenvalue weighted by Crippen LogP contribution is -2.28. The van der Waals surface area contributed by atoms with Gasteiger partial charge in [-0.2, -0.15) is 0 Å². The van der Waals surface area contributed by atoms with Gasteiger partial charge < -0.3 is 29.4 Å². The van der Waals surface area contributed by atoms with Crippen molar-refractivity contribution in [2.24, 2.45) is 139 Å². The Morgan fingerprint density at radius 2 is 0.613 bits per heavy atom. The summed E-state index contributed by atoms with van der Waals surface area (Å²) < 4.78 is 27.3. The Morgan fingerprint density at radius 3 is 0.943 bits per heavy atom. The Morgan fingerprint density at radius 1 is 0.292 bits per heavy atom. The van der Waals surface area contributed by atoms with Crippen LogP contribution in [0.5, 0.6) is 0 Å². The van der Waals surface area contributed by atoms with Gasteiger partial charge in [0.15, 0.2) is 0 Å². The molecule has 6 aromatic rings. The van der Waals surface area contributed by atoms with Crippen molar-refractivity contribution >= 4 is 68.9 Å². The van der Waals surface area contributed by atoms with Gasteiger partial charge >= 0.3 is 0 Å². The number of nitrogens with zero attached hydrogens (tertiary/aromatic N) is 7. The summed E-state index contributed by atoms with van der Waals surface area (Å²) in [6.45, 7) is 66.7. The SMILES string of the molecule is CC(C)(C)C1C2CN(c3ccccc3Cl)CC21.Cc1cc(F)cc(N2CC3C(C2)C3C(C)(C)C)c1.Cc1ccc(F)c(N2CC3C(C2)C3C(C)(C)C)c1.Cc1ccc(N2CC3C(C2)C3C(C)(C)C)cc1Cl.Cc1ccc(N2CC3C(C2)C3C(C)(C)C)cc1Cl.Cc1cncc(N2CC3C(C2)C3C(C)(C)C)c1. The van der Waals surface area contributed by atoms with Crippen molar-refractivity contribution in [1.82, 2.24) is 4.98 Å². The van der Waals surface area contributed by atoms with Crippen LogP contribution in [-0.2, 0) is 0 Å². The number of hydrogen-bond donors (Lipinski definition) is 0. The van der Waals surface area contributed by atoms with Crippen LogP contribution in [-0.4, -0.2) is 83.5 Å². The van der Waals surface area contributed by atoms with Crippen molar-refractivity contribution in [2.75, 3.05) is 108 Å². The number of hydrogen-bond acceptors (Lipinski definition) is 7. The van der Waals surface area contributed by atoms with Crippen LogP contribution in [0.1, 0.15) is 152 Å². The van der Waals surface area contributed by atoms with Gasteiger partial charge in [0.1, 0.15) is 11.6 Å². The molecule has 12 heteroatoms. The summed E-state index contributed by atoms with van der Waals surface area (Å²) in [7, 11) is 0. The van der Waals surface area contributed by atoms with Gasteiger partial charge in [0, 0.05) is 112 Å². The fourth-order valence-corrected chi connectivity index (χ4v) is 23.4. The van der Waals surface area contributed by atoms with Gasteiger partial charge in [-0.25, -0.2) is 8.78 Å². The maximum atomic E-state index is 13.9. The zero-order valence-corrected chi connectivity index (χ0v) is 71.1. The van der Waals surface area contributed by atoms with E-state index in [2.05, 4.69) is 240 Å². The van der Waals surface area contributed by atoms with E-state index in [0.717, 1.165) is 181 Å². The Labute approximate surface area is 654 Å². The summed E-state index contributed by atoms with van der Waals surface area (Å²) in [6, 6.07) is 34.1. The Balaban J connectivity index is 0.000000113. The normalized spacial score (nSPS) is 30.8. The number of benzene rings is 5. The Bertz CT molecular complexity index is 3950. The maximum Gasteiger partial charge on any atom is 0.146 e. The number of fused-ring (bicyclic) bond motifs is 6. The van der Waals surface area contributed by atoms with E-state index < -0.39 is 0 Å². The van der Waals surface area contributed by atoms with E-state index in [1.165, 1.54) is 80.7 Å². The molecule has 0 spiro atoms. The van der Waals surface area contributed by atoms with Crippen LogP contribution in [0.3, 0.4) is 0 Å². The summed E-state index contributed by atoms with van der Waals surface area (Å²) >= 11 is 18.7. The highest BCUT2D eigenvalue weighted by molar-refractivity contribution is 6.33. The first kappa shape index (κ1) is 78.9. The number of piperidine rings is 6. The molecule has 7 nitrogen and oxygen atoms in total. The molecule has 0 N–H and O–H groups in total. The van der Waals surface area contributed by atoms with Gasteiger partial charge in [0.05, 0.1) is 28.3 Å². The maximum absolute atomic E-state index is 13.9. The fraction of sp³-hybridized carbons (Fsp3) is 0.628. The highest BCUT2D eigenvalue weighted by atomic mass is 35.5. The van der Waals surface area contributed by atoms with Gasteiger partial charge in [-0.1, -0.05) is 190 Å². The van der Waals surface area contributed by atoms with E-state index in [9.17, 15) is 8.78 Å². The Hall–Kier alpha value is -5.22. The topological polar surface area (TPSA) is 32.3 Å². The second kappa shape index (κ2) is 29.1. The van der Waals surface area contributed by atoms with E-state index in [0.29, 0.717) is 32.5 Å². The molecule has 18 rings (SSSR count). The predicted octanol–water partition coefficient (Wildman–Crippen LogP) is 23.7. The molecule has 0 amide bonds. The molecule has 106 heavy (non-hydrogen) atoms. The number of pyridine rings is 1. The van der Waals surface area contributed by atoms with Gasteiger partial charge in [-0.15, -0.1) is 0 Å². The highest BCUT2D eigenvalue weighted by Gasteiger charge is 2.64. The molecule has 12 unspecified atom stereocenters. The largest absolute Gasteiger partial charge is 0.371 e. The monoisotopic (exact) mass is 1500 g/mol. The summed E-state index contributed by atoms with van der Waals surface area (Å²) in [5.74, 6) is 15.7. The van der Waals surface area contributed by atoms with Gasteiger partial charge in [-0.3, -0.25) is 4.98 Å². The molecule has 12 fully saturated rings. The molecule has 12 aliphatic rings. The van der Waals surface area contributed by atoms with Crippen molar-refractivity contribution in [3.05, 3.63) is 170 Å². The van der Waals surface area contributed by atoms with Crippen molar-refractivity contribution in [2.45, 2.75) is 159 Å². The summed E-state index contributed by atoms with van der Waals surface area (Å²) in [5.41, 5.74) is 15.5. The van der Waals surface area contributed by atoms with Gasteiger partial charge in [-0.05, 0) is 274 Å². The van der Waals surface area contributed by atoms with Crippen molar-refractivity contribution in [3.8, 4) is 0 Å². The molecule has 7 heterocycles. The molecule has 12 atom stereocenters. The molecule has 6 aliphatic carbocycles. The van der Waals surface area contributed by atoms with Crippen LogP contribution < -0.4 is 29.4 Å².